The molecule has 1 aromatic rings. The summed E-state index contributed by atoms with van der Waals surface area (Å²) in [6.45, 7) is 6.18. The fraction of sp³-hybridized carbons (Fsp3) is 0.375. The number of guanidine groups is 1. The first kappa shape index (κ1) is 16.6. The van der Waals surface area contributed by atoms with Gasteiger partial charge in [-0.1, -0.05) is 12.0 Å². The highest BCUT2D eigenvalue weighted by molar-refractivity contribution is 5.95. The minimum absolute atomic E-state index is 0.121. The molecule has 112 valence electrons. The number of amides is 1. The Morgan fingerprint density at radius 2 is 2.10 bits per heavy atom. The molecule has 0 aliphatic carbocycles. The Morgan fingerprint density at radius 3 is 2.67 bits per heavy atom. The highest BCUT2D eigenvalue weighted by Gasteiger charge is 2.12. The first-order valence-electron chi connectivity index (χ1n) is 6.69. The van der Waals surface area contributed by atoms with E-state index < -0.39 is 0 Å². The van der Waals surface area contributed by atoms with Crippen LogP contribution in [-0.4, -0.2) is 31.0 Å². The fourth-order valence-corrected chi connectivity index (χ4v) is 1.59. The number of nitrogens with one attached hydrogen (secondary N) is 3. The molecular weight excluding hydrogens is 264 g/mol. The van der Waals surface area contributed by atoms with Crippen LogP contribution in [0.15, 0.2) is 29.3 Å². The normalized spacial score (nSPS) is 11.5. The number of benzene rings is 1. The van der Waals surface area contributed by atoms with Gasteiger partial charge < -0.3 is 16.0 Å². The Bertz CT molecular complexity index is 564. The number of carbonyl (C=O) groups excluding carboxylic acids is 1. The summed E-state index contributed by atoms with van der Waals surface area (Å²) in [6, 6.07) is 7.16. The monoisotopic (exact) mass is 286 g/mol. The van der Waals surface area contributed by atoms with Crippen LogP contribution < -0.4 is 16.0 Å². The van der Waals surface area contributed by atoms with Crippen molar-refractivity contribution in [1.82, 2.24) is 10.6 Å². The van der Waals surface area contributed by atoms with Gasteiger partial charge in [-0.15, -0.1) is 6.42 Å². The largest absolute Gasteiger partial charge is 0.352 e. The van der Waals surface area contributed by atoms with Crippen LogP contribution in [0.5, 0.6) is 0 Å². The Morgan fingerprint density at radius 1 is 1.38 bits per heavy atom. The second-order valence-electron chi connectivity index (χ2n) is 5.57. The summed E-state index contributed by atoms with van der Waals surface area (Å²) in [5, 5.41) is 8.92. The molecule has 0 aliphatic heterocycles. The van der Waals surface area contributed by atoms with Gasteiger partial charge in [-0.05, 0) is 39.0 Å². The highest BCUT2D eigenvalue weighted by atomic mass is 16.1. The van der Waals surface area contributed by atoms with Gasteiger partial charge in [0.05, 0.1) is 6.54 Å². The molecule has 0 aromatic heterocycles. The predicted octanol–water partition coefficient (Wildman–Crippen LogP) is 1.57. The van der Waals surface area contributed by atoms with E-state index in [1.807, 2.05) is 26.8 Å². The smallest absolute Gasteiger partial charge is 0.243 e. The third-order valence-electron chi connectivity index (χ3n) is 2.45. The van der Waals surface area contributed by atoms with Gasteiger partial charge in [0.15, 0.2) is 5.96 Å². The van der Waals surface area contributed by atoms with E-state index in [0.717, 1.165) is 5.56 Å². The van der Waals surface area contributed by atoms with Gasteiger partial charge >= 0.3 is 0 Å². The zero-order chi connectivity index (χ0) is 15.9. The molecule has 5 nitrogen and oxygen atoms in total. The number of anilines is 1. The quantitative estimate of drug-likeness (QED) is 0.449. The maximum Gasteiger partial charge on any atom is 0.243 e. The van der Waals surface area contributed by atoms with Crippen molar-refractivity contribution in [2.75, 3.05) is 18.9 Å². The molecule has 3 N–H and O–H groups in total. The van der Waals surface area contributed by atoms with Crippen LogP contribution in [0.1, 0.15) is 26.3 Å². The number of aliphatic imine (C=N–C) groups is 1. The summed E-state index contributed by atoms with van der Waals surface area (Å²) in [4.78, 5) is 16.0. The first-order chi connectivity index (χ1) is 9.84. The topological polar surface area (TPSA) is 65.5 Å². The molecule has 0 radical (unpaired) electrons. The molecule has 0 fully saturated rings. The van der Waals surface area contributed by atoms with Crippen molar-refractivity contribution in [2.24, 2.45) is 4.99 Å². The predicted molar refractivity (Wildman–Crippen MR) is 87.3 cm³/mol. The second kappa shape index (κ2) is 7.34. The Labute approximate surface area is 126 Å². The zero-order valence-electron chi connectivity index (χ0n) is 12.9. The summed E-state index contributed by atoms with van der Waals surface area (Å²) in [5.74, 6) is 2.94. The van der Waals surface area contributed by atoms with E-state index in [1.54, 1.807) is 25.2 Å². The lowest BCUT2D eigenvalue weighted by Gasteiger charge is -2.23. The van der Waals surface area contributed by atoms with E-state index in [2.05, 4.69) is 26.9 Å². The minimum Gasteiger partial charge on any atom is -0.352 e. The lowest BCUT2D eigenvalue weighted by atomic mass is 10.1. The van der Waals surface area contributed by atoms with E-state index >= 15 is 0 Å². The lowest BCUT2D eigenvalue weighted by molar-refractivity contribution is -0.115. The molecule has 0 atom stereocenters. The van der Waals surface area contributed by atoms with Crippen LogP contribution in [-0.2, 0) is 4.79 Å². The molecular formula is C16H22N4O. The molecule has 0 spiro atoms. The molecule has 21 heavy (non-hydrogen) atoms. The second-order valence-corrected chi connectivity index (χ2v) is 5.57. The van der Waals surface area contributed by atoms with Crippen molar-refractivity contribution < 1.29 is 4.79 Å². The standard InChI is InChI=1S/C16H22N4O/c1-6-12-8-7-9-13(10-12)19-14(21)11-18-15(17-5)20-16(2,3)4/h1,7-10H,11H2,2-5H3,(H,19,21)(H2,17,18,20). The van der Waals surface area contributed by atoms with E-state index in [1.165, 1.54) is 0 Å². The molecule has 0 saturated carbocycles. The van der Waals surface area contributed by atoms with Gasteiger partial charge in [0.25, 0.3) is 0 Å². The molecule has 1 rings (SSSR count). The number of nitrogens with zero attached hydrogens (tertiary/aromatic N) is 1. The summed E-state index contributed by atoms with van der Waals surface area (Å²) in [5.41, 5.74) is 1.28. The summed E-state index contributed by atoms with van der Waals surface area (Å²) >= 11 is 0. The number of hydrogen-bond donors (Lipinski definition) is 3. The van der Waals surface area contributed by atoms with Gasteiger partial charge in [-0.2, -0.15) is 0 Å². The van der Waals surface area contributed by atoms with Crippen LogP contribution >= 0.6 is 0 Å². The van der Waals surface area contributed by atoms with E-state index in [9.17, 15) is 4.79 Å². The third kappa shape index (κ3) is 6.48. The average molecular weight is 286 g/mol. The fourth-order valence-electron chi connectivity index (χ4n) is 1.59. The molecule has 5 heteroatoms. The minimum atomic E-state index is -0.166. The summed E-state index contributed by atoms with van der Waals surface area (Å²) < 4.78 is 0. The highest BCUT2D eigenvalue weighted by Crippen LogP contribution is 2.09. The number of rotatable bonds is 3. The maximum atomic E-state index is 11.9. The molecule has 0 saturated heterocycles. The zero-order valence-corrected chi connectivity index (χ0v) is 12.9. The molecule has 1 aromatic carbocycles. The van der Waals surface area contributed by atoms with Crippen molar-refractivity contribution in [3.8, 4) is 12.3 Å². The molecule has 0 unspecified atom stereocenters. The van der Waals surface area contributed by atoms with Gasteiger partial charge in [-0.25, -0.2) is 0 Å². The first-order valence-corrected chi connectivity index (χ1v) is 6.69. The van der Waals surface area contributed by atoms with Crippen LogP contribution in [0.25, 0.3) is 0 Å². The molecule has 1 amide bonds. The van der Waals surface area contributed by atoms with Crippen molar-refractivity contribution in [2.45, 2.75) is 26.3 Å². The number of hydrogen-bond acceptors (Lipinski definition) is 2. The van der Waals surface area contributed by atoms with Crippen molar-refractivity contribution in [3.63, 3.8) is 0 Å². The van der Waals surface area contributed by atoms with Crippen molar-refractivity contribution >= 4 is 17.6 Å². The maximum absolute atomic E-state index is 11.9. The van der Waals surface area contributed by atoms with Crippen LogP contribution in [0.4, 0.5) is 5.69 Å². The Balaban J connectivity index is 2.52. The van der Waals surface area contributed by atoms with Crippen LogP contribution in [0.2, 0.25) is 0 Å². The Kier molecular flexibility index (Phi) is 5.79. The van der Waals surface area contributed by atoms with E-state index in [0.29, 0.717) is 11.6 Å². The van der Waals surface area contributed by atoms with Crippen LogP contribution in [0, 0.1) is 12.3 Å². The lowest BCUT2D eigenvalue weighted by Crippen LogP contribution is -2.49. The van der Waals surface area contributed by atoms with Crippen molar-refractivity contribution in [1.29, 1.82) is 0 Å². The average Bonchev–Trinajstić information content (AvgIpc) is 2.42. The third-order valence-corrected chi connectivity index (χ3v) is 2.45. The van der Waals surface area contributed by atoms with Crippen molar-refractivity contribution in [3.05, 3.63) is 29.8 Å². The summed E-state index contributed by atoms with van der Waals surface area (Å²) in [6.07, 6.45) is 5.33. The van der Waals surface area contributed by atoms with E-state index in [4.69, 9.17) is 6.42 Å². The molecule has 0 bridgehead atoms. The SMILES string of the molecule is C#Cc1cccc(NC(=O)CNC(=NC)NC(C)(C)C)c1. The van der Waals surface area contributed by atoms with Gasteiger partial charge in [0, 0.05) is 23.8 Å². The molecule has 0 heterocycles. The number of carbonyl (C=O) groups is 1. The number of terminal acetylenes is 1. The van der Waals surface area contributed by atoms with Gasteiger partial charge in [0.1, 0.15) is 0 Å². The van der Waals surface area contributed by atoms with E-state index in [-0.39, 0.29) is 18.0 Å². The molecule has 0 aliphatic rings. The van der Waals surface area contributed by atoms with Gasteiger partial charge in [0.2, 0.25) is 5.91 Å². The Hall–Kier alpha value is -2.48. The van der Waals surface area contributed by atoms with Crippen LogP contribution in [0.3, 0.4) is 0 Å². The van der Waals surface area contributed by atoms with Gasteiger partial charge in [-0.3, -0.25) is 9.79 Å². The summed E-state index contributed by atoms with van der Waals surface area (Å²) in [7, 11) is 1.66.